The lowest BCUT2D eigenvalue weighted by molar-refractivity contribution is 0.125. The first-order chi connectivity index (χ1) is 9.75. The molecule has 4 heteroatoms. The Labute approximate surface area is 131 Å². The molecule has 1 aromatic carbocycles. The third-order valence-electron chi connectivity index (χ3n) is 4.68. The van der Waals surface area contributed by atoms with Crippen LogP contribution >= 0.6 is 23.2 Å². The third kappa shape index (κ3) is 3.14. The van der Waals surface area contributed by atoms with Crippen molar-refractivity contribution in [2.75, 3.05) is 26.2 Å². The Kier molecular flexibility index (Phi) is 4.87. The lowest BCUT2D eigenvalue weighted by atomic mass is 9.90. The van der Waals surface area contributed by atoms with Gasteiger partial charge in [0.25, 0.3) is 0 Å². The SMILES string of the molecule is Clc1ccc([C@@H](C2CCCC2)N2CCNCC2)cc1Cl. The van der Waals surface area contributed by atoms with E-state index in [0.717, 1.165) is 32.1 Å². The zero-order valence-electron chi connectivity index (χ0n) is 11.7. The second kappa shape index (κ2) is 6.65. The molecule has 0 spiro atoms. The Balaban J connectivity index is 1.88. The summed E-state index contributed by atoms with van der Waals surface area (Å²) in [6.07, 6.45) is 5.42. The Morgan fingerprint density at radius 1 is 1.05 bits per heavy atom. The fraction of sp³-hybridized carbons (Fsp3) is 0.625. The maximum absolute atomic E-state index is 6.24. The average molecular weight is 313 g/mol. The lowest BCUT2D eigenvalue weighted by Crippen LogP contribution is -2.46. The summed E-state index contributed by atoms with van der Waals surface area (Å²) in [4.78, 5) is 2.63. The number of nitrogens with one attached hydrogen (secondary N) is 1. The van der Waals surface area contributed by atoms with E-state index in [-0.39, 0.29) is 0 Å². The fourth-order valence-electron chi connectivity index (χ4n) is 3.71. The molecule has 20 heavy (non-hydrogen) atoms. The van der Waals surface area contributed by atoms with E-state index in [2.05, 4.69) is 22.3 Å². The van der Waals surface area contributed by atoms with Crippen molar-refractivity contribution in [3.8, 4) is 0 Å². The third-order valence-corrected chi connectivity index (χ3v) is 5.42. The number of hydrogen-bond donors (Lipinski definition) is 1. The minimum absolute atomic E-state index is 0.509. The van der Waals surface area contributed by atoms with Gasteiger partial charge in [-0.15, -0.1) is 0 Å². The van der Waals surface area contributed by atoms with Crippen LogP contribution in [-0.4, -0.2) is 31.1 Å². The number of rotatable bonds is 3. The second-order valence-electron chi connectivity index (χ2n) is 5.95. The van der Waals surface area contributed by atoms with Crippen LogP contribution in [0.25, 0.3) is 0 Å². The predicted molar refractivity (Wildman–Crippen MR) is 85.6 cm³/mol. The van der Waals surface area contributed by atoms with Crippen molar-refractivity contribution in [2.45, 2.75) is 31.7 Å². The van der Waals surface area contributed by atoms with Gasteiger partial charge in [-0.1, -0.05) is 42.1 Å². The molecule has 0 bridgehead atoms. The van der Waals surface area contributed by atoms with Gasteiger partial charge in [-0.2, -0.15) is 0 Å². The van der Waals surface area contributed by atoms with Gasteiger partial charge in [0.15, 0.2) is 0 Å². The molecule has 1 saturated carbocycles. The van der Waals surface area contributed by atoms with Gasteiger partial charge in [0.05, 0.1) is 10.0 Å². The molecule has 3 rings (SSSR count). The first-order valence-corrected chi connectivity index (χ1v) is 8.41. The maximum atomic E-state index is 6.24. The van der Waals surface area contributed by atoms with E-state index in [1.807, 2.05) is 6.07 Å². The second-order valence-corrected chi connectivity index (χ2v) is 6.76. The van der Waals surface area contributed by atoms with Gasteiger partial charge in [-0.25, -0.2) is 0 Å². The Hall–Kier alpha value is -0.280. The van der Waals surface area contributed by atoms with Gasteiger partial charge in [-0.3, -0.25) is 4.90 Å². The molecular weight excluding hydrogens is 291 g/mol. The molecule has 1 aliphatic heterocycles. The Morgan fingerprint density at radius 2 is 1.75 bits per heavy atom. The summed E-state index contributed by atoms with van der Waals surface area (Å²) in [6, 6.07) is 6.70. The van der Waals surface area contributed by atoms with E-state index >= 15 is 0 Å². The smallest absolute Gasteiger partial charge is 0.0595 e. The summed E-state index contributed by atoms with van der Waals surface area (Å²) in [5.41, 5.74) is 1.34. The number of hydrogen-bond acceptors (Lipinski definition) is 2. The van der Waals surface area contributed by atoms with Crippen LogP contribution < -0.4 is 5.32 Å². The fourth-order valence-corrected chi connectivity index (χ4v) is 4.02. The highest BCUT2D eigenvalue weighted by atomic mass is 35.5. The maximum Gasteiger partial charge on any atom is 0.0595 e. The van der Waals surface area contributed by atoms with Gasteiger partial charge < -0.3 is 5.32 Å². The van der Waals surface area contributed by atoms with Crippen molar-refractivity contribution in [3.05, 3.63) is 33.8 Å². The summed E-state index contributed by atoms with van der Waals surface area (Å²) in [7, 11) is 0. The summed E-state index contributed by atoms with van der Waals surface area (Å²) in [6.45, 7) is 4.43. The van der Waals surface area contributed by atoms with Crippen LogP contribution in [0.3, 0.4) is 0 Å². The van der Waals surface area contributed by atoms with E-state index < -0.39 is 0 Å². The molecule has 1 aliphatic carbocycles. The largest absolute Gasteiger partial charge is 0.314 e. The van der Waals surface area contributed by atoms with E-state index in [9.17, 15) is 0 Å². The van der Waals surface area contributed by atoms with Crippen molar-refractivity contribution in [1.29, 1.82) is 0 Å². The van der Waals surface area contributed by atoms with E-state index in [4.69, 9.17) is 23.2 Å². The average Bonchev–Trinajstić information content (AvgIpc) is 2.98. The molecule has 0 aromatic heterocycles. The molecular formula is C16H22Cl2N2. The minimum atomic E-state index is 0.509. The molecule has 1 heterocycles. The van der Waals surface area contributed by atoms with E-state index in [0.29, 0.717) is 16.1 Å². The quantitative estimate of drug-likeness (QED) is 0.902. The summed E-state index contributed by atoms with van der Waals surface area (Å²) in [5.74, 6) is 0.769. The zero-order valence-corrected chi connectivity index (χ0v) is 13.3. The molecule has 0 radical (unpaired) electrons. The molecule has 1 aromatic rings. The highest BCUT2D eigenvalue weighted by Gasteiger charge is 2.32. The summed E-state index contributed by atoms with van der Waals surface area (Å²) >= 11 is 12.3. The molecule has 0 amide bonds. The minimum Gasteiger partial charge on any atom is -0.314 e. The molecule has 2 aliphatic rings. The predicted octanol–water partition coefficient (Wildman–Crippen LogP) is 4.13. The van der Waals surface area contributed by atoms with Crippen LogP contribution in [0.4, 0.5) is 0 Å². The molecule has 1 N–H and O–H groups in total. The lowest BCUT2D eigenvalue weighted by Gasteiger charge is -2.38. The van der Waals surface area contributed by atoms with Crippen molar-refractivity contribution in [2.24, 2.45) is 5.92 Å². The van der Waals surface area contributed by atoms with Gasteiger partial charge in [0.1, 0.15) is 0 Å². The van der Waals surface area contributed by atoms with Crippen molar-refractivity contribution < 1.29 is 0 Å². The van der Waals surface area contributed by atoms with Gasteiger partial charge >= 0.3 is 0 Å². The van der Waals surface area contributed by atoms with Crippen LogP contribution in [0.1, 0.15) is 37.3 Å². The number of nitrogens with zero attached hydrogens (tertiary/aromatic N) is 1. The molecule has 110 valence electrons. The monoisotopic (exact) mass is 312 g/mol. The standard InChI is InChI=1S/C16H22Cl2N2/c17-14-6-5-13(11-15(14)18)16(12-3-1-2-4-12)20-9-7-19-8-10-20/h5-6,11-12,16,19H,1-4,7-10H2/t16-/m1/s1. The van der Waals surface area contributed by atoms with Crippen molar-refractivity contribution in [3.63, 3.8) is 0 Å². The van der Waals surface area contributed by atoms with Gasteiger partial charge in [0.2, 0.25) is 0 Å². The highest BCUT2D eigenvalue weighted by Crippen LogP contribution is 2.40. The first-order valence-electron chi connectivity index (χ1n) is 7.65. The van der Waals surface area contributed by atoms with Crippen molar-refractivity contribution in [1.82, 2.24) is 10.2 Å². The van der Waals surface area contributed by atoms with Crippen LogP contribution in [0.15, 0.2) is 18.2 Å². The summed E-state index contributed by atoms with van der Waals surface area (Å²) in [5, 5.41) is 4.78. The molecule has 1 saturated heterocycles. The Morgan fingerprint density at radius 3 is 2.40 bits per heavy atom. The molecule has 2 fully saturated rings. The van der Waals surface area contributed by atoms with E-state index in [1.54, 1.807) is 0 Å². The highest BCUT2D eigenvalue weighted by molar-refractivity contribution is 6.42. The van der Waals surface area contributed by atoms with Crippen molar-refractivity contribution >= 4 is 23.2 Å². The first kappa shape index (κ1) is 14.6. The van der Waals surface area contributed by atoms with Crippen LogP contribution in [0, 0.1) is 5.92 Å². The van der Waals surface area contributed by atoms with Crippen LogP contribution in [0.2, 0.25) is 10.0 Å². The zero-order chi connectivity index (χ0) is 13.9. The number of piperazine rings is 1. The molecule has 0 unspecified atom stereocenters. The normalized spacial score (nSPS) is 23.1. The number of halogens is 2. The molecule has 1 atom stereocenters. The van der Waals surface area contributed by atoms with Gasteiger partial charge in [-0.05, 0) is 36.5 Å². The summed E-state index contributed by atoms with van der Waals surface area (Å²) < 4.78 is 0. The number of benzene rings is 1. The topological polar surface area (TPSA) is 15.3 Å². The Bertz CT molecular complexity index is 452. The van der Waals surface area contributed by atoms with Gasteiger partial charge in [0, 0.05) is 32.2 Å². The molecule has 2 nitrogen and oxygen atoms in total. The van der Waals surface area contributed by atoms with Crippen LogP contribution in [0.5, 0.6) is 0 Å². The van der Waals surface area contributed by atoms with Crippen LogP contribution in [-0.2, 0) is 0 Å². The van der Waals surface area contributed by atoms with E-state index in [1.165, 1.54) is 31.2 Å².